The van der Waals surface area contributed by atoms with Crippen molar-refractivity contribution < 1.29 is 33.0 Å². The van der Waals surface area contributed by atoms with Crippen LogP contribution in [0.25, 0.3) is 0 Å². The number of rotatable bonds is 5. The summed E-state index contributed by atoms with van der Waals surface area (Å²) in [6, 6.07) is 10.3. The summed E-state index contributed by atoms with van der Waals surface area (Å²) in [7, 11) is 0. The summed E-state index contributed by atoms with van der Waals surface area (Å²) in [6.45, 7) is 0.343. The van der Waals surface area contributed by atoms with Gasteiger partial charge in [0.1, 0.15) is 0 Å². The molecule has 0 saturated heterocycles. The fourth-order valence-electron chi connectivity index (χ4n) is 1.86. The second-order valence-electron chi connectivity index (χ2n) is 5.60. The molecule has 10 heteroatoms. The molecule has 0 aliphatic rings. The molecule has 0 aliphatic carbocycles. The monoisotopic (exact) mass is 419 g/mol. The van der Waals surface area contributed by atoms with Gasteiger partial charge in [-0.25, -0.2) is 4.79 Å². The first kappa shape index (κ1) is 21.1. The Morgan fingerprint density at radius 2 is 1.74 bits per heavy atom. The minimum absolute atomic E-state index is 0.0410. The van der Waals surface area contributed by atoms with Gasteiger partial charge in [0.15, 0.2) is 0 Å². The quantitative estimate of drug-likeness (QED) is 0.667. The largest absolute Gasteiger partial charge is 0.478 e. The number of carbonyl (C=O) groups is 2. The summed E-state index contributed by atoms with van der Waals surface area (Å²) < 4.78 is 38.1. The van der Waals surface area contributed by atoms with Crippen molar-refractivity contribution in [2.45, 2.75) is 28.5 Å². The first-order valence-corrected chi connectivity index (χ1v) is 8.52. The summed E-state index contributed by atoms with van der Waals surface area (Å²) in [5.74, 6) is -2.74. The number of carboxylic acids is 1. The van der Waals surface area contributed by atoms with Crippen LogP contribution in [0.15, 0.2) is 52.3 Å². The standard InChI is InChI=1S/C17H13ClF3NO4S/c1-16(26,17(19,20)21)15(25)22-13-6-5-11(8-12(13)18)27-10-4-2-3-9(7-10)14(23)24/h2-8,26H,1H3,(H,22,25)(H,23,24)/t16-/m1/s1. The predicted octanol–water partition coefficient (Wildman–Crippen LogP) is 4.44. The summed E-state index contributed by atoms with van der Waals surface area (Å²) >= 11 is 7.18. The first-order chi connectivity index (χ1) is 12.4. The molecule has 0 aromatic heterocycles. The predicted molar refractivity (Wildman–Crippen MR) is 94.3 cm³/mol. The van der Waals surface area contributed by atoms with E-state index in [1.807, 2.05) is 5.32 Å². The van der Waals surface area contributed by atoms with Crippen LogP contribution in [0.2, 0.25) is 5.02 Å². The highest BCUT2D eigenvalue weighted by atomic mass is 35.5. The van der Waals surface area contributed by atoms with Crippen molar-refractivity contribution in [1.29, 1.82) is 0 Å². The number of halogens is 4. The highest BCUT2D eigenvalue weighted by molar-refractivity contribution is 7.99. The van der Waals surface area contributed by atoms with Crippen molar-refractivity contribution in [1.82, 2.24) is 0 Å². The van der Waals surface area contributed by atoms with Gasteiger partial charge in [-0.2, -0.15) is 13.2 Å². The van der Waals surface area contributed by atoms with Gasteiger partial charge in [-0.15, -0.1) is 0 Å². The zero-order chi connectivity index (χ0) is 20.4. The molecule has 27 heavy (non-hydrogen) atoms. The molecule has 1 atom stereocenters. The van der Waals surface area contributed by atoms with E-state index in [0.29, 0.717) is 16.7 Å². The van der Waals surface area contributed by atoms with Crippen LogP contribution in [-0.2, 0) is 4.79 Å². The molecule has 0 unspecified atom stereocenters. The summed E-state index contributed by atoms with van der Waals surface area (Å²) in [4.78, 5) is 23.9. The molecule has 1 amide bonds. The molecule has 0 bridgehead atoms. The van der Waals surface area contributed by atoms with Gasteiger partial charge in [-0.3, -0.25) is 4.79 Å². The Morgan fingerprint density at radius 3 is 2.30 bits per heavy atom. The topological polar surface area (TPSA) is 86.6 Å². The number of aromatic carboxylic acids is 1. The smallest absolute Gasteiger partial charge is 0.426 e. The molecule has 0 fully saturated rings. The maximum Gasteiger partial charge on any atom is 0.426 e. The molecule has 0 saturated carbocycles. The fraction of sp³-hybridized carbons (Fsp3) is 0.176. The SMILES string of the molecule is C[C@@](O)(C(=O)Nc1ccc(Sc2cccc(C(=O)O)c2)cc1Cl)C(F)(F)F. The van der Waals surface area contributed by atoms with Crippen molar-refractivity contribution >= 4 is 40.9 Å². The second kappa shape index (κ2) is 7.79. The normalized spacial score (nSPS) is 13.7. The molecule has 2 aromatic carbocycles. The van der Waals surface area contributed by atoms with E-state index in [1.54, 1.807) is 12.1 Å². The minimum Gasteiger partial charge on any atom is -0.478 e. The molecule has 0 spiro atoms. The van der Waals surface area contributed by atoms with Crippen molar-refractivity contribution in [3.8, 4) is 0 Å². The van der Waals surface area contributed by atoms with Crippen LogP contribution < -0.4 is 5.32 Å². The number of carboxylic acid groups (broad SMARTS) is 1. The molecular weight excluding hydrogens is 407 g/mol. The zero-order valence-electron chi connectivity index (χ0n) is 13.7. The van der Waals surface area contributed by atoms with E-state index in [1.165, 1.54) is 42.1 Å². The lowest BCUT2D eigenvalue weighted by Gasteiger charge is -2.25. The molecule has 5 nitrogen and oxygen atoms in total. The number of anilines is 1. The van der Waals surface area contributed by atoms with Gasteiger partial charge < -0.3 is 15.5 Å². The van der Waals surface area contributed by atoms with Crippen molar-refractivity contribution in [3.63, 3.8) is 0 Å². The van der Waals surface area contributed by atoms with Gasteiger partial charge in [0.25, 0.3) is 5.91 Å². The Labute approximate surface area is 161 Å². The van der Waals surface area contributed by atoms with Crippen molar-refractivity contribution in [2.75, 3.05) is 5.32 Å². The van der Waals surface area contributed by atoms with Crippen LogP contribution in [0.4, 0.5) is 18.9 Å². The van der Waals surface area contributed by atoms with E-state index in [9.17, 15) is 27.9 Å². The van der Waals surface area contributed by atoms with Crippen LogP contribution in [-0.4, -0.2) is 33.9 Å². The van der Waals surface area contributed by atoms with Gasteiger partial charge in [0.2, 0.25) is 5.60 Å². The molecule has 0 aliphatic heterocycles. The fourth-order valence-corrected chi connectivity index (χ4v) is 3.07. The van der Waals surface area contributed by atoms with Crippen LogP contribution in [0.1, 0.15) is 17.3 Å². The van der Waals surface area contributed by atoms with E-state index >= 15 is 0 Å². The number of carbonyl (C=O) groups excluding carboxylic acids is 1. The third-order valence-corrected chi connectivity index (χ3v) is 4.79. The van der Waals surface area contributed by atoms with Crippen molar-refractivity contribution in [3.05, 3.63) is 53.1 Å². The maximum atomic E-state index is 12.7. The third-order valence-electron chi connectivity index (χ3n) is 3.50. The number of nitrogens with one attached hydrogen (secondary N) is 1. The van der Waals surface area contributed by atoms with Crippen LogP contribution in [0.5, 0.6) is 0 Å². The number of amides is 1. The van der Waals surface area contributed by atoms with E-state index in [4.69, 9.17) is 16.7 Å². The van der Waals surface area contributed by atoms with Crippen LogP contribution in [0, 0.1) is 0 Å². The molecule has 2 rings (SSSR count). The lowest BCUT2D eigenvalue weighted by atomic mass is 10.1. The van der Waals surface area contributed by atoms with E-state index in [2.05, 4.69) is 0 Å². The number of hydrogen-bond acceptors (Lipinski definition) is 4. The Hall–Kier alpha value is -2.23. The Kier molecular flexibility index (Phi) is 6.08. The Bertz CT molecular complexity index is 887. The summed E-state index contributed by atoms with van der Waals surface area (Å²) in [6.07, 6.45) is -5.14. The van der Waals surface area contributed by atoms with Gasteiger partial charge in [0.05, 0.1) is 16.3 Å². The van der Waals surface area contributed by atoms with E-state index < -0.39 is 23.7 Å². The summed E-state index contributed by atoms with van der Waals surface area (Å²) in [5.41, 5.74) is -3.57. The average molecular weight is 420 g/mol. The van der Waals surface area contributed by atoms with Crippen LogP contribution >= 0.6 is 23.4 Å². The average Bonchev–Trinajstić information content (AvgIpc) is 2.56. The first-order valence-electron chi connectivity index (χ1n) is 7.33. The molecular formula is C17H13ClF3NO4S. The van der Waals surface area contributed by atoms with E-state index in [0.717, 1.165) is 0 Å². The lowest BCUT2D eigenvalue weighted by Crippen LogP contribution is -2.52. The summed E-state index contributed by atoms with van der Waals surface area (Å²) in [5, 5.41) is 20.3. The number of hydrogen-bond donors (Lipinski definition) is 3. The molecule has 0 heterocycles. The number of benzene rings is 2. The molecule has 2 aromatic rings. The molecule has 0 radical (unpaired) electrons. The zero-order valence-corrected chi connectivity index (χ0v) is 15.2. The van der Waals surface area contributed by atoms with Crippen molar-refractivity contribution in [2.24, 2.45) is 0 Å². The maximum absolute atomic E-state index is 12.7. The lowest BCUT2D eigenvalue weighted by molar-refractivity contribution is -0.242. The Balaban J connectivity index is 2.17. The van der Waals surface area contributed by atoms with Crippen LogP contribution in [0.3, 0.4) is 0 Å². The minimum atomic E-state index is -5.14. The Morgan fingerprint density at radius 1 is 1.11 bits per heavy atom. The molecule has 144 valence electrons. The van der Waals surface area contributed by atoms with Gasteiger partial charge in [-0.05, 0) is 43.3 Å². The number of aliphatic hydroxyl groups is 1. The third kappa shape index (κ3) is 4.94. The highest BCUT2D eigenvalue weighted by Crippen LogP contribution is 2.35. The second-order valence-corrected chi connectivity index (χ2v) is 7.15. The van der Waals surface area contributed by atoms with Gasteiger partial charge in [-0.1, -0.05) is 29.4 Å². The number of alkyl halides is 3. The highest BCUT2D eigenvalue weighted by Gasteiger charge is 2.55. The van der Waals surface area contributed by atoms with Gasteiger partial charge >= 0.3 is 12.1 Å². The van der Waals surface area contributed by atoms with Gasteiger partial charge in [0, 0.05) is 9.79 Å². The van der Waals surface area contributed by atoms with E-state index in [-0.39, 0.29) is 16.3 Å². The molecule has 3 N–H and O–H groups in total.